The molecule has 0 heterocycles. The van der Waals surface area contributed by atoms with Crippen molar-refractivity contribution in [1.29, 1.82) is 0 Å². The van der Waals surface area contributed by atoms with Gasteiger partial charge in [-0.3, -0.25) is 4.48 Å². The molecular formula is C16H20NO+. The predicted molar refractivity (Wildman–Crippen MR) is 75.3 cm³/mol. The molecule has 0 unspecified atom stereocenters. The largest absolute Gasteiger partial charge is 0.313 e. The molecule has 2 rings (SSSR count). The fourth-order valence-electron chi connectivity index (χ4n) is 1.98. The summed E-state index contributed by atoms with van der Waals surface area (Å²) < 4.78 is 0.396. The Morgan fingerprint density at radius 2 is 1.67 bits per heavy atom. The Morgan fingerprint density at radius 3 is 2.33 bits per heavy atom. The number of rotatable bonds is 3. The highest BCUT2D eigenvalue weighted by atomic mass is 16.2. The second-order valence-electron chi connectivity index (χ2n) is 5.59. The first-order chi connectivity index (χ1) is 8.47. The van der Waals surface area contributed by atoms with Crippen LogP contribution in [0.4, 0.5) is 0 Å². The second-order valence-corrected chi connectivity index (χ2v) is 5.59. The van der Waals surface area contributed by atoms with E-state index in [1.165, 1.54) is 16.3 Å². The van der Waals surface area contributed by atoms with Crippen molar-refractivity contribution < 1.29 is 9.28 Å². The van der Waals surface area contributed by atoms with Crippen LogP contribution in [0.25, 0.3) is 10.8 Å². The van der Waals surface area contributed by atoms with E-state index < -0.39 is 0 Å². The van der Waals surface area contributed by atoms with Crippen molar-refractivity contribution in [3.63, 3.8) is 0 Å². The van der Waals surface area contributed by atoms with Gasteiger partial charge in [0.2, 0.25) is 0 Å². The number of benzene rings is 2. The zero-order valence-electron chi connectivity index (χ0n) is 11.3. The first kappa shape index (κ1) is 12.8. The SMILES string of the molecule is C[N+](C)(C)C(=O)CCc1ccc2ccccc2c1. The number of fused-ring (bicyclic) bond motifs is 1. The lowest BCUT2D eigenvalue weighted by atomic mass is 10.0. The summed E-state index contributed by atoms with van der Waals surface area (Å²) in [6.45, 7) is 0. The summed E-state index contributed by atoms with van der Waals surface area (Å²) in [5, 5.41) is 2.49. The molecule has 0 N–H and O–H groups in total. The maximum atomic E-state index is 11.9. The molecule has 18 heavy (non-hydrogen) atoms. The number of aryl methyl sites for hydroxylation is 1. The van der Waals surface area contributed by atoms with Gasteiger partial charge in [0, 0.05) is 0 Å². The van der Waals surface area contributed by atoms with Gasteiger partial charge in [0.1, 0.15) is 0 Å². The highest BCUT2D eigenvalue weighted by Gasteiger charge is 2.19. The number of nitrogens with zero attached hydrogens (tertiary/aromatic N) is 1. The Labute approximate surface area is 108 Å². The van der Waals surface area contributed by atoms with Gasteiger partial charge < -0.3 is 0 Å². The van der Waals surface area contributed by atoms with Crippen LogP contribution in [0.1, 0.15) is 12.0 Å². The van der Waals surface area contributed by atoms with E-state index in [-0.39, 0.29) is 5.91 Å². The number of carbonyl (C=O) groups excluding carboxylic acids is 1. The third-order valence-corrected chi connectivity index (χ3v) is 3.19. The molecule has 0 aliphatic rings. The minimum atomic E-state index is 0.267. The van der Waals surface area contributed by atoms with Crippen LogP contribution in [0.3, 0.4) is 0 Å². The third-order valence-electron chi connectivity index (χ3n) is 3.19. The van der Waals surface area contributed by atoms with E-state index in [1.807, 2.05) is 33.3 Å². The van der Waals surface area contributed by atoms with Gasteiger partial charge in [-0.1, -0.05) is 42.5 Å². The van der Waals surface area contributed by atoms with Crippen LogP contribution >= 0.6 is 0 Å². The maximum Gasteiger partial charge on any atom is 0.313 e. The number of amides is 1. The molecule has 0 aliphatic heterocycles. The summed E-state index contributed by atoms with van der Waals surface area (Å²) in [5.41, 5.74) is 1.23. The lowest BCUT2D eigenvalue weighted by Gasteiger charge is -2.20. The number of quaternary nitrogens is 1. The van der Waals surface area contributed by atoms with Crippen LogP contribution in [0, 0.1) is 0 Å². The van der Waals surface area contributed by atoms with Gasteiger partial charge in [-0.05, 0) is 22.8 Å². The average molecular weight is 242 g/mol. The average Bonchev–Trinajstić information content (AvgIpc) is 2.34. The molecule has 2 aromatic carbocycles. The molecule has 0 aromatic heterocycles. The molecule has 0 atom stereocenters. The fourth-order valence-corrected chi connectivity index (χ4v) is 1.98. The molecule has 0 aliphatic carbocycles. The van der Waals surface area contributed by atoms with Crippen molar-refractivity contribution in [3.05, 3.63) is 48.0 Å². The van der Waals surface area contributed by atoms with E-state index in [4.69, 9.17) is 0 Å². The van der Waals surface area contributed by atoms with Gasteiger partial charge in [0.05, 0.1) is 27.6 Å². The van der Waals surface area contributed by atoms with Gasteiger partial charge in [0.25, 0.3) is 0 Å². The van der Waals surface area contributed by atoms with Crippen molar-refractivity contribution in [2.45, 2.75) is 12.8 Å². The highest BCUT2D eigenvalue weighted by molar-refractivity contribution is 5.83. The lowest BCUT2D eigenvalue weighted by molar-refractivity contribution is -0.792. The zero-order valence-corrected chi connectivity index (χ0v) is 11.3. The Hall–Kier alpha value is -1.67. The van der Waals surface area contributed by atoms with Gasteiger partial charge in [0.15, 0.2) is 0 Å². The molecule has 2 nitrogen and oxygen atoms in total. The molecule has 1 amide bonds. The molecule has 0 fully saturated rings. The first-order valence-electron chi connectivity index (χ1n) is 6.29. The third kappa shape index (κ3) is 2.96. The summed E-state index contributed by atoms with van der Waals surface area (Å²) in [6, 6.07) is 14.7. The van der Waals surface area contributed by atoms with Crippen molar-refractivity contribution >= 4 is 16.7 Å². The Kier molecular flexibility index (Phi) is 3.48. The highest BCUT2D eigenvalue weighted by Crippen LogP contribution is 2.17. The first-order valence-corrected chi connectivity index (χ1v) is 6.29. The zero-order chi connectivity index (χ0) is 13.2. The number of hydrogen-bond donors (Lipinski definition) is 0. The van der Waals surface area contributed by atoms with E-state index >= 15 is 0 Å². The molecule has 94 valence electrons. The Balaban J connectivity index is 2.11. The molecule has 0 saturated heterocycles. The van der Waals surface area contributed by atoms with E-state index in [9.17, 15) is 4.79 Å². The standard InChI is InChI=1S/C16H20NO/c1-17(2,3)16(18)11-9-13-8-10-14-6-4-5-7-15(14)12-13/h4-8,10,12H,9,11H2,1-3H3/q+1. The van der Waals surface area contributed by atoms with Crippen LogP contribution in [0.15, 0.2) is 42.5 Å². The van der Waals surface area contributed by atoms with Crippen LogP contribution < -0.4 is 0 Å². The summed E-state index contributed by atoms with van der Waals surface area (Å²) in [4.78, 5) is 11.9. The molecular weight excluding hydrogens is 222 g/mol. The van der Waals surface area contributed by atoms with Crippen molar-refractivity contribution in [3.8, 4) is 0 Å². The molecule has 2 aromatic rings. The van der Waals surface area contributed by atoms with Crippen molar-refractivity contribution in [2.24, 2.45) is 0 Å². The smallest absolute Gasteiger partial charge is 0.268 e. The van der Waals surface area contributed by atoms with Gasteiger partial charge in [-0.25, -0.2) is 4.79 Å². The van der Waals surface area contributed by atoms with E-state index in [1.54, 1.807) is 0 Å². The quantitative estimate of drug-likeness (QED) is 0.756. The summed E-state index contributed by atoms with van der Waals surface area (Å²) in [5.74, 6) is 0.267. The topological polar surface area (TPSA) is 17.1 Å². The molecule has 0 spiro atoms. The van der Waals surface area contributed by atoms with Crippen LogP contribution in [-0.4, -0.2) is 31.5 Å². The van der Waals surface area contributed by atoms with E-state index in [0.717, 1.165) is 6.42 Å². The van der Waals surface area contributed by atoms with Crippen LogP contribution in [-0.2, 0) is 11.2 Å². The summed E-state index contributed by atoms with van der Waals surface area (Å²) in [7, 11) is 5.76. The lowest BCUT2D eigenvalue weighted by Crippen LogP contribution is -2.41. The van der Waals surface area contributed by atoms with Crippen molar-refractivity contribution in [2.75, 3.05) is 21.1 Å². The maximum absolute atomic E-state index is 11.9. The molecule has 0 saturated carbocycles. The molecule has 0 radical (unpaired) electrons. The Bertz CT molecular complexity index is 567. The van der Waals surface area contributed by atoms with Crippen LogP contribution in [0.5, 0.6) is 0 Å². The number of hydrogen-bond acceptors (Lipinski definition) is 1. The fraction of sp³-hybridized carbons (Fsp3) is 0.312. The van der Waals surface area contributed by atoms with Crippen molar-refractivity contribution in [1.82, 2.24) is 0 Å². The van der Waals surface area contributed by atoms with E-state index in [0.29, 0.717) is 10.9 Å². The monoisotopic (exact) mass is 242 g/mol. The van der Waals surface area contributed by atoms with Gasteiger partial charge in [-0.2, -0.15) is 0 Å². The number of carbonyl (C=O) groups is 1. The minimum absolute atomic E-state index is 0.267. The van der Waals surface area contributed by atoms with Crippen LogP contribution in [0.2, 0.25) is 0 Å². The van der Waals surface area contributed by atoms with Gasteiger partial charge in [-0.15, -0.1) is 0 Å². The summed E-state index contributed by atoms with van der Waals surface area (Å²) in [6.07, 6.45) is 1.42. The van der Waals surface area contributed by atoms with Gasteiger partial charge >= 0.3 is 5.91 Å². The summed E-state index contributed by atoms with van der Waals surface area (Å²) >= 11 is 0. The predicted octanol–water partition coefficient (Wildman–Crippen LogP) is 3.01. The molecule has 0 bridgehead atoms. The second kappa shape index (κ2) is 4.91. The Morgan fingerprint density at radius 1 is 1.00 bits per heavy atom. The van der Waals surface area contributed by atoms with E-state index in [2.05, 4.69) is 30.3 Å². The normalized spacial score (nSPS) is 11.7. The molecule has 2 heteroatoms. The minimum Gasteiger partial charge on any atom is -0.268 e.